The van der Waals surface area contributed by atoms with Crippen molar-refractivity contribution in [1.29, 1.82) is 0 Å². The number of carbonyl (C=O) groups excluding carboxylic acids is 1. The number of ether oxygens (including phenoxy) is 2. The van der Waals surface area contributed by atoms with Crippen molar-refractivity contribution in [3.63, 3.8) is 0 Å². The van der Waals surface area contributed by atoms with E-state index in [2.05, 4.69) is 0 Å². The van der Waals surface area contributed by atoms with Crippen LogP contribution in [-0.4, -0.2) is 39.2 Å². The molecular formula is C16H13NO5S. The Morgan fingerprint density at radius 3 is 2.74 bits per heavy atom. The van der Waals surface area contributed by atoms with Gasteiger partial charge in [0.15, 0.2) is 5.78 Å². The molecule has 2 saturated heterocycles. The normalized spacial score (nSPS) is 31.0. The van der Waals surface area contributed by atoms with E-state index in [4.69, 9.17) is 9.47 Å². The predicted octanol–water partition coefficient (Wildman–Crippen LogP) is 1.43. The minimum atomic E-state index is -3.70. The number of Topliss-reactive ketones (excluding diaryl/α,β-unsaturated/α-hetero) is 1. The number of benzene rings is 2. The number of ketones is 1. The van der Waals surface area contributed by atoms with Crippen LogP contribution in [0, 0.1) is 0 Å². The molecule has 0 spiro atoms. The molecule has 6 nitrogen and oxygen atoms in total. The molecule has 7 heteroatoms. The predicted molar refractivity (Wildman–Crippen MR) is 81.6 cm³/mol. The van der Waals surface area contributed by atoms with E-state index in [1.54, 1.807) is 18.2 Å². The molecule has 0 N–H and O–H groups in total. The zero-order valence-electron chi connectivity index (χ0n) is 12.0. The lowest BCUT2D eigenvalue weighted by molar-refractivity contribution is -0.153. The molecule has 5 rings (SSSR count). The average Bonchev–Trinajstić information content (AvgIpc) is 3.06. The quantitative estimate of drug-likeness (QED) is 0.790. The van der Waals surface area contributed by atoms with Crippen LogP contribution in [0.3, 0.4) is 0 Å². The van der Waals surface area contributed by atoms with Crippen molar-refractivity contribution < 1.29 is 22.7 Å². The summed E-state index contributed by atoms with van der Waals surface area (Å²) in [6.07, 6.45) is -1.14. The zero-order valence-corrected chi connectivity index (χ0v) is 12.8. The highest BCUT2D eigenvalue weighted by molar-refractivity contribution is 7.93. The number of sulfonamides is 1. The lowest BCUT2D eigenvalue weighted by Gasteiger charge is -2.34. The Morgan fingerprint density at radius 1 is 1.13 bits per heavy atom. The summed E-state index contributed by atoms with van der Waals surface area (Å²) in [6, 6.07) is 10.2. The highest BCUT2D eigenvalue weighted by Crippen LogP contribution is 2.45. The van der Waals surface area contributed by atoms with Crippen molar-refractivity contribution in [2.75, 3.05) is 10.9 Å². The van der Waals surface area contributed by atoms with Crippen LogP contribution in [0.4, 0.5) is 5.69 Å². The van der Waals surface area contributed by atoms with E-state index in [0.29, 0.717) is 16.0 Å². The molecule has 3 heterocycles. The van der Waals surface area contributed by atoms with Gasteiger partial charge in [-0.1, -0.05) is 24.3 Å². The lowest BCUT2D eigenvalue weighted by atomic mass is 10.0. The SMILES string of the molecule is O=C1C[C@H](N2c3cccc4cccc(c34)S2(=O)=O)[C@H]2CO[C@H]1O2. The smallest absolute Gasteiger partial charge is 0.265 e. The maximum Gasteiger partial charge on any atom is 0.265 e. The van der Waals surface area contributed by atoms with Gasteiger partial charge in [-0.05, 0) is 17.5 Å². The van der Waals surface area contributed by atoms with Gasteiger partial charge in [0.25, 0.3) is 10.0 Å². The Kier molecular flexibility index (Phi) is 2.53. The molecule has 3 atom stereocenters. The van der Waals surface area contributed by atoms with Crippen LogP contribution >= 0.6 is 0 Å². The van der Waals surface area contributed by atoms with Crippen molar-refractivity contribution in [3.05, 3.63) is 36.4 Å². The molecule has 3 aliphatic rings. The van der Waals surface area contributed by atoms with E-state index in [9.17, 15) is 13.2 Å². The molecule has 2 aromatic carbocycles. The van der Waals surface area contributed by atoms with Crippen molar-refractivity contribution in [1.82, 2.24) is 0 Å². The summed E-state index contributed by atoms with van der Waals surface area (Å²) in [5.41, 5.74) is 0.616. The number of hydrogen-bond donors (Lipinski definition) is 0. The maximum atomic E-state index is 13.1. The summed E-state index contributed by atoms with van der Waals surface area (Å²) in [5.74, 6) is -0.206. The van der Waals surface area contributed by atoms with Crippen molar-refractivity contribution in [3.8, 4) is 0 Å². The first-order valence-corrected chi connectivity index (χ1v) is 8.87. The summed E-state index contributed by atoms with van der Waals surface area (Å²) in [7, 11) is -3.70. The van der Waals surface area contributed by atoms with Crippen molar-refractivity contribution in [2.24, 2.45) is 0 Å². The Bertz CT molecular complexity index is 949. The zero-order chi connectivity index (χ0) is 15.8. The second-order valence-corrected chi connectivity index (χ2v) is 7.79. The molecule has 2 aromatic rings. The average molecular weight is 331 g/mol. The van der Waals surface area contributed by atoms with E-state index in [-0.39, 0.29) is 18.8 Å². The van der Waals surface area contributed by atoms with Crippen LogP contribution in [-0.2, 0) is 24.3 Å². The number of fused-ring (bicyclic) bond motifs is 2. The van der Waals surface area contributed by atoms with E-state index in [1.165, 1.54) is 4.31 Å². The monoisotopic (exact) mass is 331 g/mol. The molecule has 23 heavy (non-hydrogen) atoms. The first-order valence-electron chi connectivity index (χ1n) is 7.43. The van der Waals surface area contributed by atoms with Gasteiger partial charge in [0.2, 0.25) is 6.29 Å². The minimum absolute atomic E-state index is 0.110. The van der Waals surface area contributed by atoms with Crippen molar-refractivity contribution >= 4 is 32.3 Å². The molecule has 0 aliphatic carbocycles. The van der Waals surface area contributed by atoms with Crippen LogP contribution in [0.25, 0.3) is 10.8 Å². The Morgan fingerprint density at radius 2 is 1.91 bits per heavy atom. The number of carbonyl (C=O) groups is 1. The van der Waals surface area contributed by atoms with Crippen LogP contribution in [0.15, 0.2) is 41.3 Å². The van der Waals surface area contributed by atoms with E-state index in [1.807, 2.05) is 18.2 Å². The summed E-state index contributed by atoms with van der Waals surface area (Å²) in [5, 5.41) is 1.58. The summed E-state index contributed by atoms with van der Waals surface area (Å²) >= 11 is 0. The fourth-order valence-electron chi connectivity index (χ4n) is 3.74. The highest BCUT2D eigenvalue weighted by Gasteiger charge is 2.51. The molecule has 0 radical (unpaired) electrons. The highest BCUT2D eigenvalue weighted by atomic mass is 32.2. The number of hydrogen-bond acceptors (Lipinski definition) is 5. The van der Waals surface area contributed by atoms with Gasteiger partial charge in [0.05, 0.1) is 23.2 Å². The van der Waals surface area contributed by atoms with Gasteiger partial charge in [0, 0.05) is 11.8 Å². The molecule has 0 saturated carbocycles. The fraction of sp³-hybridized carbons (Fsp3) is 0.312. The maximum absolute atomic E-state index is 13.1. The van der Waals surface area contributed by atoms with Crippen LogP contribution in [0.1, 0.15) is 6.42 Å². The minimum Gasteiger partial charge on any atom is -0.343 e. The standard InChI is InChI=1S/C16H13NO5S/c18-12-7-11(13-8-21-16(12)22-13)17-10-5-1-3-9-4-2-6-14(15(9)10)23(17,19)20/h1-6,11,13,16H,7-8H2/t11-,13+,16-/m0/s1. The van der Waals surface area contributed by atoms with Gasteiger partial charge in [0.1, 0.15) is 6.10 Å². The Hall–Kier alpha value is -1.96. The van der Waals surface area contributed by atoms with Gasteiger partial charge in [-0.15, -0.1) is 0 Å². The molecular weight excluding hydrogens is 318 g/mol. The fourth-order valence-corrected chi connectivity index (χ4v) is 5.66. The van der Waals surface area contributed by atoms with Crippen LogP contribution in [0.5, 0.6) is 0 Å². The van der Waals surface area contributed by atoms with Gasteiger partial charge in [-0.25, -0.2) is 8.42 Å². The molecule has 0 unspecified atom stereocenters. The summed E-state index contributed by atoms with van der Waals surface area (Å²) in [6.45, 7) is 0.236. The molecule has 0 amide bonds. The largest absolute Gasteiger partial charge is 0.343 e. The summed E-state index contributed by atoms with van der Waals surface area (Å²) in [4.78, 5) is 12.4. The third-order valence-corrected chi connectivity index (χ3v) is 6.61. The summed E-state index contributed by atoms with van der Waals surface area (Å²) < 4.78 is 38.3. The van der Waals surface area contributed by atoms with Crippen LogP contribution < -0.4 is 4.31 Å². The Balaban J connectivity index is 1.73. The third-order valence-electron chi connectivity index (χ3n) is 4.73. The second kappa shape index (κ2) is 4.31. The first kappa shape index (κ1) is 13.5. The van der Waals surface area contributed by atoms with E-state index in [0.717, 1.165) is 5.39 Å². The van der Waals surface area contributed by atoms with E-state index >= 15 is 0 Å². The Labute approximate surface area is 132 Å². The topological polar surface area (TPSA) is 72.9 Å². The van der Waals surface area contributed by atoms with Gasteiger partial charge in [-0.3, -0.25) is 9.10 Å². The first-order chi connectivity index (χ1) is 11.1. The van der Waals surface area contributed by atoms with Crippen molar-refractivity contribution in [2.45, 2.75) is 29.8 Å². The molecule has 3 aliphatic heterocycles. The number of anilines is 1. The van der Waals surface area contributed by atoms with Gasteiger partial charge in [-0.2, -0.15) is 0 Å². The van der Waals surface area contributed by atoms with Gasteiger partial charge < -0.3 is 9.47 Å². The molecule has 118 valence electrons. The number of rotatable bonds is 1. The molecule has 2 fully saturated rings. The van der Waals surface area contributed by atoms with Crippen LogP contribution in [0.2, 0.25) is 0 Å². The van der Waals surface area contributed by atoms with E-state index < -0.39 is 28.5 Å². The lowest BCUT2D eigenvalue weighted by Crippen LogP contribution is -2.51. The third kappa shape index (κ3) is 1.64. The van der Waals surface area contributed by atoms with Gasteiger partial charge >= 0.3 is 0 Å². The molecule has 0 aromatic heterocycles. The number of nitrogens with zero attached hydrogens (tertiary/aromatic N) is 1. The molecule has 2 bridgehead atoms. The second-order valence-electron chi connectivity index (χ2n) is 6.01.